The highest BCUT2D eigenvalue weighted by Gasteiger charge is 2.19. The predicted octanol–water partition coefficient (Wildman–Crippen LogP) is -0.887. The second kappa shape index (κ2) is 2.53. The molecule has 1 atom stereocenters. The first kappa shape index (κ1) is 7.46. The van der Waals surface area contributed by atoms with Gasteiger partial charge in [-0.05, 0) is 6.08 Å². The number of nitrogens with two attached hydrogens (primary N) is 2. The van der Waals surface area contributed by atoms with Gasteiger partial charge in [0.05, 0.1) is 0 Å². The number of allylic oxidation sites excluding steroid dienone is 1. The number of primary amides is 1. The predicted molar refractivity (Wildman–Crippen MR) is 37.0 cm³/mol. The zero-order chi connectivity index (χ0) is 8.43. The van der Waals surface area contributed by atoms with Gasteiger partial charge in [-0.25, -0.2) is 0 Å². The van der Waals surface area contributed by atoms with Gasteiger partial charge in [-0.2, -0.15) is 0 Å². The number of amides is 1. The van der Waals surface area contributed by atoms with Crippen molar-refractivity contribution in [3.8, 4) is 0 Å². The van der Waals surface area contributed by atoms with Crippen LogP contribution >= 0.6 is 0 Å². The van der Waals surface area contributed by atoms with E-state index >= 15 is 0 Å². The standard InChI is InChI=1S/C6H8N2O3/c7-3-1-4(6(8)10)11-5(9)2-3/h1-2,4,9H,7H2,(H2,8,10). The molecule has 0 radical (unpaired) electrons. The Kier molecular flexibility index (Phi) is 1.72. The van der Waals surface area contributed by atoms with E-state index in [0.29, 0.717) is 0 Å². The monoisotopic (exact) mass is 156 g/mol. The molecule has 0 aliphatic carbocycles. The summed E-state index contributed by atoms with van der Waals surface area (Å²) in [6.45, 7) is 0. The largest absolute Gasteiger partial charge is 0.481 e. The normalized spacial score (nSPS) is 23.1. The van der Waals surface area contributed by atoms with Gasteiger partial charge in [0.15, 0.2) is 0 Å². The summed E-state index contributed by atoms with van der Waals surface area (Å²) in [5.41, 5.74) is 10.4. The fraction of sp³-hybridized carbons (Fsp3) is 0.167. The van der Waals surface area contributed by atoms with Gasteiger partial charge >= 0.3 is 0 Å². The Labute approximate surface area is 62.9 Å². The first-order chi connectivity index (χ1) is 5.09. The van der Waals surface area contributed by atoms with Crippen molar-refractivity contribution >= 4 is 5.91 Å². The van der Waals surface area contributed by atoms with Gasteiger partial charge in [0.25, 0.3) is 11.9 Å². The fourth-order valence-corrected chi connectivity index (χ4v) is 0.704. The van der Waals surface area contributed by atoms with Crippen LogP contribution in [0.25, 0.3) is 0 Å². The fourth-order valence-electron chi connectivity index (χ4n) is 0.704. The molecule has 1 rings (SSSR count). The van der Waals surface area contributed by atoms with Crippen LogP contribution in [0, 0.1) is 0 Å². The Morgan fingerprint density at radius 2 is 2.36 bits per heavy atom. The highest BCUT2D eigenvalue weighted by atomic mass is 16.6. The molecule has 0 aromatic heterocycles. The zero-order valence-electron chi connectivity index (χ0n) is 5.65. The molecule has 1 unspecified atom stereocenters. The summed E-state index contributed by atoms with van der Waals surface area (Å²) in [5, 5.41) is 8.81. The van der Waals surface area contributed by atoms with Crippen molar-refractivity contribution in [1.29, 1.82) is 0 Å². The number of aliphatic hydroxyl groups is 1. The van der Waals surface area contributed by atoms with E-state index in [1.807, 2.05) is 0 Å². The average molecular weight is 156 g/mol. The Bertz CT molecular complexity index is 244. The summed E-state index contributed by atoms with van der Waals surface area (Å²) in [4.78, 5) is 10.5. The van der Waals surface area contributed by atoms with Crippen molar-refractivity contribution in [2.24, 2.45) is 11.5 Å². The number of carbonyl (C=O) groups excluding carboxylic acids is 1. The third kappa shape index (κ3) is 1.64. The first-order valence-corrected chi connectivity index (χ1v) is 2.93. The summed E-state index contributed by atoms with van der Waals surface area (Å²) in [6.07, 6.45) is 1.56. The minimum Gasteiger partial charge on any atom is -0.481 e. The van der Waals surface area contributed by atoms with E-state index in [4.69, 9.17) is 16.6 Å². The SMILES string of the molecule is NC(=O)C1C=C(N)C=C(O)O1. The van der Waals surface area contributed by atoms with Crippen LogP contribution < -0.4 is 11.5 Å². The van der Waals surface area contributed by atoms with Crippen LogP contribution in [-0.4, -0.2) is 17.1 Å². The topological polar surface area (TPSA) is 98.6 Å². The maximum Gasteiger partial charge on any atom is 0.279 e. The molecule has 5 heteroatoms. The molecule has 1 aliphatic rings. The lowest BCUT2D eigenvalue weighted by molar-refractivity contribution is -0.127. The minimum absolute atomic E-state index is 0.262. The van der Waals surface area contributed by atoms with E-state index in [1.165, 1.54) is 12.2 Å². The van der Waals surface area contributed by atoms with Crippen LogP contribution in [0.15, 0.2) is 23.8 Å². The molecular formula is C6H8N2O3. The molecule has 5 nitrogen and oxygen atoms in total. The molecule has 0 bridgehead atoms. The lowest BCUT2D eigenvalue weighted by atomic mass is 10.2. The van der Waals surface area contributed by atoms with Gasteiger partial charge in [0.2, 0.25) is 6.10 Å². The Hall–Kier alpha value is -1.65. The number of aliphatic hydroxyl groups excluding tert-OH is 1. The first-order valence-electron chi connectivity index (χ1n) is 2.93. The summed E-state index contributed by atoms with van der Waals surface area (Å²) in [7, 11) is 0. The van der Waals surface area contributed by atoms with Gasteiger partial charge in [-0.1, -0.05) is 0 Å². The molecule has 11 heavy (non-hydrogen) atoms. The van der Waals surface area contributed by atoms with E-state index in [-0.39, 0.29) is 5.70 Å². The summed E-state index contributed by atoms with van der Waals surface area (Å²) < 4.78 is 4.60. The maximum absolute atomic E-state index is 10.5. The van der Waals surface area contributed by atoms with Crippen molar-refractivity contribution in [3.63, 3.8) is 0 Å². The average Bonchev–Trinajstić information content (AvgIpc) is 1.85. The summed E-state index contributed by atoms with van der Waals surface area (Å²) in [5.74, 6) is -1.08. The second-order valence-corrected chi connectivity index (χ2v) is 2.09. The summed E-state index contributed by atoms with van der Waals surface area (Å²) >= 11 is 0. The molecular weight excluding hydrogens is 148 g/mol. The quantitative estimate of drug-likeness (QED) is 0.458. The van der Waals surface area contributed by atoms with Gasteiger partial charge < -0.3 is 21.3 Å². The van der Waals surface area contributed by atoms with Gasteiger partial charge in [0, 0.05) is 11.8 Å². The molecule has 1 heterocycles. The molecule has 0 spiro atoms. The summed E-state index contributed by atoms with van der Waals surface area (Å²) in [6, 6.07) is 0. The van der Waals surface area contributed by atoms with Crippen molar-refractivity contribution in [1.82, 2.24) is 0 Å². The highest BCUT2D eigenvalue weighted by Crippen LogP contribution is 2.10. The number of hydrogen-bond donors (Lipinski definition) is 3. The van der Waals surface area contributed by atoms with E-state index in [1.54, 1.807) is 0 Å². The second-order valence-electron chi connectivity index (χ2n) is 2.09. The zero-order valence-corrected chi connectivity index (χ0v) is 5.65. The van der Waals surface area contributed by atoms with Crippen LogP contribution in [-0.2, 0) is 9.53 Å². The molecule has 0 saturated carbocycles. The van der Waals surface area contributed by atoms with Crippen LogP contribution in [0.5, 0.6) is 0 Å². The van der Waals surface area contributed by atoms with Crippen molar-refractivity contribution in [3.05, 3.63) is 23.8 Å². The van der Waals surface area contributed by atoms with Crippen molar-refractivity contribution < 1.29 is 14.6 Å². The van der Waals surface area contributed by atoms with Crippen LogP contribution in [0.1, 0.15) is 0 Å². The highest BCUT2D eigenvalue weighted by molar-refractivity contribution is 5.81. The number of hydrogen-bond acceptors (Lipinski definition) is 4. The van der Waals surface area contributed by atoms with E-state index in [2.05, 4.69) is 4.74 Å². The molecule has 1 aliphatic heterocycles. The van der Waals surface area contributed by atoms with Crippen LogP contribution in [0.3, 0.4) is 0 Å². The number of ether oxygens (including phenoxy) is 1. The molecule has 0 fully saturated rings. The van der Waals surface area contributed by atoms with Crippen molar-refractivity contribution in [2.45, 2.75) is 6.10 Å². The van der Waals surface area contributed by atoms with Gasteiger partial charge in [-0.3, -0.25) is 4.79 Å². The van der Waals surface area contributed by atoms with Crippen LogP contribution in [0.4, 0.5) is 0 Å². The molecule has 5 N–H and O–H groups in total. The Morgan fingerprint density at radius 1 is 1.73 bits per heavy atom. The molecule has 1 amide bonds. The van der Waals surface area contributed by atoms with E-state index in [0.717, 1.165) is 0 Å². The lowest BCUT2D eigenvalue weighted by Gasteiger charge is -2.15. The molecule has 0 aromatic carbocycles. The number of rotatable bonds is 1. The Morgan fingerprint density at radius 3 is 2.82 bits per heavy atom. The van der Waals surface area contributed by atoms with Crippen molar-refractivity contribution in [2.75, 3.05) is 0 Å². The van der Waals surface area contributed by atoms with Gasteiger partial charge in [-0.15, -0.1) is 0 Å². The van der Waals surface area contributed by atoms with Gasteiger partial charge in [0.1, 0.15) is 0 Å². The smallest absolute Gasteiger partial charge is 0.279 e. The Balaban J connectivity index is 2.79. The third-order valence-electron chi connectivity index (χ3n) is 1.16. The van der Waals surface area contributed by atoms with E-state index in [9.17, 15) is 4.79 Å². The molecule has 0 aromatic rings. The maximum atomic E-state index is 10.5. The molecule has 60 valence electrons. The minimum atomic E-state index is -0.958. The number of carbonyl (C=O) groups is 1. The van der Waals surface area contributed by atoms with E-state index < -0.39 is 18.0 Å². The van der Waals surface area contributed by atoms with Crippen LogP contribution in [0.2, 0.25) is 0 Å². The lowest BCUT2D eigenvalue weighted by Crippen LogP contribution is -2.31. The molecule has 0 saturated heterocycles. The third-order valence-corrected chi connectivity index (χ3v) is 1.16.